The first kappa shape index (κ1) is 11.9. The van der Waals surface area contributed by atoms with Crippen molar-refractivity contribution >= 4 is 17.2 Å². The third-order valence-electron chi connectivity index (χ3n) is 3.92. The molecule has 0 bridgehead atoms. The second-order valence-corrected chi connectivity index (χ2v) is 5.72. The zero-order valence-electron chi connectivity index (χ0n) is 10.9. The molecule has 0 radical (unpaired) electrons. The fourth-order valence-corrected chi connectivity index (χ4v) is 3.17. The molecule has 1 aliphatic carbocycles. The lowest BCUT2D eigenvalue weighted by Gasteiger charge is -2.40. The van der Waals surface area contributed by atoms with Gasteiger partial charge in [0.25, 0.3) is 0 Å². The van der Waals surface area contributed by atoms with E-state index in [1.165, 1.54) is 16.7 Å². The van der Waals surface area contributed by atoms with Gasteiger partial charge in [-0.3, -0.25) is 0 Å². The van der Waals surface area contributed by atoms with E-state index < -0.39 is 0 Å². The molecule has 2 aliphatic rings. The van der Waals surface area contributed by atoms with Crippen LogP contribution in [0.15, 0.2) is 41.6 Å². The van der Waals surface area contributed by atoms with E-state index in [0.717, 1.165) is 18.1 Å². The Kier molecular flexibility index (Phi) is 2.95. The molecule has 1 aliphatic heterocycles. The topological polar surface area (TPSA) is 3.24 Å². The molecule has 1 nitrogen and oxygen atoms in total. The smallest absolute Gasteiger partial charge is 0.103 e. The Morgan fingerprint density at radius 3 is 2.61 bits per heavy atom. The minimum absolute atomic E-state index is 0.418. The molecule has 3 rings (SSSR count). The summed E-state index contributed by atoms with van der Waals surface area (Å²) >= 11 is 6.18. The van der Waals surface area contributed by atoms with Gasteiger partial charge in [0.1, 0.15) is 5.16 Å². The van der Waals surface area contributed by atoms with E-state index in [0.29, 0.717) is 12.0 Å². The fourth-order valence-electron chi connectivity index (χ4n) is 2.91. The van der Waals surface area contributed by atoms with Crippen LogP contribution < -0.4 is 0 Å². The summed E-state index contributed by atoms with van der Waals surface area (Å²) in [6.07, 6.45) is 5.53. The molecule has 1 atom stereocenters. The summed E-state index contributed by atoms with van der Waals surface area (Å²) in [6, 6.07) is 9.17. The normalized spacial score (nSPS) is 22.2. The van der Waals surface area contributed by atoms with Gasteiger partial charge in [0.15, 0.2) is 0 Å². The van der Waals surface area contributed by atoms with Gasteiger partial charge >= 0.3 is 0 Å². The molecule has 1 aromatic carbocycles. The summed E-state index contributed by atoms with van der Waals surface area (Å²) in [7, 11) is 0. The van der Waals surface area contributed by atoms with Crippen LogP contribution in [0, 0.1) is 5.92 Å². The van der Waals surface area contributed by atoms with Crippen LogP contribution in [-0.2, 0) is 0 Å². The summed E-state index contributed by atoms with van der Waals surface area (Å²) in [6.45, 7) is 5.50. The number of nitrogens with zero attached hydrogens (tertiary/aromatic N) is 1. The highest BCUT2D eigenvalue weighted by atomic mass is 35.5. The molecule has 0 amide bonds. The van der Waals surface area contributed by atoms with E-state index in [9.17, 15) is 0 Å². The van der Waals surface area contributed by atoms with Gasteiger partial charge in [0, 0.05) is 6.54 Å². The number of hydrogen-bond acceptors (Lipinski definition) is 1. The van der Waals surface area contributed by atoms with Gasteiger partial charge in [-0.05, 0) is 35.1 Å². The van der Waals surface area contributed by atoms with Crippen LogP contribution >= 0.6 is 11.6 Å². The van der Waals surface area contributed by atoms with E-state index in [1.807, 2.05) is 0 Å². The average Bonchev–Trinajstić information content (AvgIpc) is 2.37. The van der Waals surface area contributed by atoms with Gasteiger partial charge in [0.05, 0.1) is 6.04 Å². The number of allylic oxidation sites excluding steroid dienone is 1. The van der Waals surface area contributed by atoms with E-state index in [1.54, 1.807) is 0 Å². The second kappa shape index (κ2) is 4.47. The van der Waals surface area contributed by atoms with E-state index in [4.69, 9.17) is 11.6 Å². The molecular formula is C16H18ClN. The highest BCUT2D eigenvalue weighted by Crippen LogP contribution is 2.42. The van der Waals surface area contributed by atoms with Crippen LogP contribution in [-0.4, -0.2) is 11.4 Å². The van der Waals surface area contributed by atoms with Gasteiger partial charge in [-0.1, -0.05) is 55.8 Å². The molecule has 94 valence electrons. The first-order valence-electron chi connectivity index (χ1n) is 6.60. The molecule has 1 heterocycles. The molecular weight excluding hydrogens is 242 g/mol. The van der Waals surface area contributed by atoms with Crippen LogP contribution in [0.2, 0.25) is 0 Å². The summed E-state index contributed by atoms with van der Waals surface area (Å²) in [5.74, 6) is 0.578. The zero-order chi connectivity index (χ0) is 12.7. The third kappa shape index (κ3) is 1.78. The largest absolute Gasteiger partial charge is 0.351 e. The Morgan fingerprint density at radius 2 is 2.00 bits per heavy atom. The van der Waals surface area contributed by atoms with Crippen molar-refractivity contribution in [2.45, 2.75) is 26.3 Å². The van der Waals surface area contributed by atoms with Crippen LogP contribution in [0.4, 0.5) is 0 Å². The molecule has 0 saturated heterocycles. The molecule has 0 spiro atoms. The van der Waals surface area contributed by atoms with Gasteiger partial charge in [0.2, 0.25) is 0 Å². The first-order valence-corrected chi connectivity index (χ1v) is 6.98. The lowest BCUT2D eigenvalue weighted by atomic mass is 9.82. The van der Waals surface area contributed by atoms with Crippen molar-refractivity contribution < 1.29 is 0 Å². The maximum atomic E-state index is 6.18. The van der Waals surface area contributed by atoms with Crippen LogP contribution in [0.5, 0.6) is 0 Å². The van der Waals surface area contributed by atoms with Crippen molar-refractivity contribution in [3.63, 3.8) is 0 Å². The second-order valence-electron chi connectivity index (χ2n) is 5.33. The Bertz CT molecular complexity index is 528. The molecule has 0 unspecified atom stereocenters. The highest BCUT2D eigenvalue weighted by Gasteiger charge is 2.30. The predicted molar refractivity (Wildman–Crippen MR) is 77.3 cm³/mol. The van der Waals surface area contributed by atoms with Gasteiger partial charge in [-0.25, -0.2) is 0 Å². The minimum Gasteiger partial charge on any atom is -0.351 e. The lowest BCUT2D eigenvalue weighted by Crippen LogP contribution is -2.34. The number of halogens is 1. The van der Waals surface area contributed by atoms with Crippen LogP contribution in [0.25, 0.3) is 5.57 Å². The maximum absolute atomic E-state index is 6.18. The van der Waals surface area contributed by atoms with Crippen molar-refractivity contribution in [3.8, 4) is 0 Å². The van der Waals surface area contributed by atoms with E-state index in [2.05, 4.69) is 55.2 Å². The predicted octanol–water partition coefficient (Wildman–Crippen LogP) is 4.57. The van der Waals surface area contributed by atoms with Crippen LogP contribution in [0.3, 0.4) is 0 Å². The Morgan fingerprint density at radius 1 is 1.22 bits per heavy atom. The SMILES string of the molecule is CC(C)C1=CC[C@@H](N2CC=C2Cl)c2ccccc21. The number of benzene rings is 1. The van der Waals surface area contributed by atoms with Crippen molar-refractivity contribution in [3.05, 3.63) is 52.7 Å². The van der Waals surface area contributed by atoms with E-state index >= 15 is 0 Å². The lowest BCUT2D eigenvalue weighted by molar-refractivity contribution is 0.264. The molecule has 0 N–H and O–H groups in total. The summed E-state index contributed by atoms with van der Waals surface area (Å²) in [4.78, 5) is 2.29. The van der Waals surface area contributed by atoms with Crippen molar-refractivity contribution in [1.29, 1.82) is 0 Å². The molecule has 18 heavy (non-hydrogen) atoms. The Hall–Kier alpha value is -1.21. The average molecular weight is 260 g/mol. The number of fused-ring (bicyclic) bond motifs is 1. The molecule has 0 saturated carbocycles. The molecule has 2 heteroatoms. The minimum atomic E-state index is 0.418. The number of rotatable bonds is 2. The zero-order valence-corrected chi connectivity index (χ0v) is 11.6. The van der Waals surface area contributed by atoms with E-state index in [-0.39, 0.29) is 0 Å². The standard InChI is InChI=1S/C16H18ClN/c1-11(2)12-7-8-15(18-10-9-16(18)17)14-6-4-3-5-13(12)14/h3-7,9,11,15H,8,10H2,1-2H3/t15-/m1/s1. The first-order chi connectivity index (χ1) is 8.68. The molecule has 0 fully saturated rings. The molecule has 0 aromatic heterocycles. The molecule has 1 aromatic rings. The van der Waals surface area contributed by atoms with Crippen molar-refractivity contribution in [1.82, 2.24) is 4.90 Å². The van der Waals surface area contributed by atoms with Gasteiger partial charge in [-0.15, -0.1) is 0 Å². The maximum Gasteiger partial charge on any atom is 0.103 e. The quantitative estimate of drug-likeness (QED) is 0.704. The van der Waals surface area contributed by atoms with Crippen molar-refractivity contribution in [2.24, 2.45) is 5.92 Å². The fraction of sp³-hybridized carbons (Fsp3) is 0.375. The monoisotopic (exact) mass is 259 g/mol. The highest BCUT2D eigenvalue weighted by molar-refractivity contribution is 6.29. The van der Waals surface area contributed by atoms with Crippen LogP contribution in [0.1, 0.15) is 37.4 Å². The summed E-state index contributed by atoms with van der Waals surface area (Å²) in [5.41, 5.74) is 4.30. The summed E-state index contributed by atoms with van der Waals surface area (Å²) in [5, 5.41) is 0.899. The Balaban J connectivity index is 2.02. The van der Waals surface area contributed by atoms with Crippen molar-refractivity contribution in [2.75, 3.05) is 6.54 Å². The Labute approximate surface area is 114 Å². The van der Waals surface area contributed by atoms with Gasteiger partial charge < -0.3 is 4.90 Å². The number of hydrogen-bond donors (Lipinski definition) is 0. The van der Waals surface area contributed by atoms with Gasteiger partial charge in [-0.2, -0.15) is 0 Å². The third-order valence-corrected chi connectivity index (χ3v) is 4.29. The summed E-state index contributed by atoms with van der Waals surface area (Å²) < 4.78 is 0.